The van der Waals surface area contributed by atoms with Crippen molar-refractivity contribution in [2.24, 2.45) is 5.92 Å². The van der Waals surface area contributed by atoms with Gasteiger partial charge in [0.2, 0.25) is 0 Å². The minimum Gasteiger partial charge on any atom is -0.396 e. The van der Waals surface area contributed by atoms with Crippen LogP contribution in [0.1, 0.15) is 19.4 Å². The first-order chi connectivity index (χ1) is 8.24. The number of halogens is 4. The molecule has 1 aromatic heterocycles. The van der Waals surface area contributed by atoms with Crippen LogP contribution in [0.5, 0.6) is 0 Å². The van der Waals surface area contributed by atoms with Crippen molar-refractivity contribution in [1.82, 2.24) is 4.98 Å². The van der Waals surface area contributed by atoms with Crippen LogP contribution in [0.15, 0.2) is 12.1 Å². The third-order valence-electron chi connectivity index (χ3n) is 2.64. The zero-order chi connectivity index (χ0) is 13.9. The van der Waals surface area contributed by atoms with Gasteiger partial charge >= 0.3 is 6.18 Å². The maximum absolute atomic E-state index is 12.6. The number of aliphatic hydroxyl groups excluding tert-OH is 1. The van der Waals surface area contributed by atoms with Crippen molar-refractivity contribution in [2.75, 3.05) is 11.9 Å². The second-order valence-corrected chi connectivity index (χ2v) is 4.54. The van der Waals surface area contributed by atoms with E-state index < -0.39 is 11.7 Å². The fourth-order valence-corrected chi connectivity index (χ4v) is 1.48. The number of rotatable bonds is 4. The molecule has 3 nitrogen and oxygen atoms in total. The Kier molecular flexibility index (Phi) is 4.81. The molecule has 0 amide bonds. The smallest absolute Gasteiger partial charge is 0.396 e. The molecule has 1 heterocycles. The monoisotopic (exact) mass is 282 g/mol. The van der Waals surface area contributed by atoms with Crippen molar-refractivity contribution in [1.29, 1.82) is 0 Å². The number of nitrogens with one attached hydrogen (secondary N) is 1. The van der Waals surface area contributed by atoms with E-state index in [0.29, 0.717) is 0 Å². The topological polar surface area (TPSA) is 45.1 Å². The van der Waals surface area contributed by atoms with Crippen LogP contribution in [-0.2, 0) is 6.18 Å². The van der Waals surface area contributed by atoms with Gasteiger partial charge in [-0.25, -0.2) is 4.98 Å². The van der Waals surface area contributed by atoms with Crippen molar-refractivity contribution in [3.05, 3.63) is 22.8 Å². The average molecular weight is 283 g/mol. The van der Waals surface area contributed by atoms with Crippen molar-refractivity contribution in [3.8, 4) is 0 Å². The second-order valence-electron chi connectivity index (χ2n) is 4.15. The van der Waals surface area contributed by atoms with Crippen LogP contribution in [0.25, 0.3) is 0 Å². The third-order valence-corrected chi connectivity index (χ3v) is 2.83. The molecule has 0 radical (unpaired) electrons. The molecular formula is C11H14ClF3N2O. The van der Waals surface area contributed by atoms with E-state index in [2.05, 4.69) is 10.3 Å². The van der Waals surface area contributed by atoms with E-state index in [-0.39, 0.29) is 29.5 Å². The Balaban J connectivity index is 2.94. The predicted molar refractivity (Wildman–Crippen MR) is 63.6 cm³/mol. The number of hydrogen-bond acceptors (Lipinski definition) is 3. The number of aromatic nitrogens is 1. The fraction of sp³-hybridized carbons (Fsp3) is 0.545. The van der Waals surface area contributed by atoms with Crippen molar-refractivity contribution >= 4 is 17.4 Å². The molecule has 102 valence electrons. The van der Waals surface area contributed by atoms with Gasteiger partial charge in [0.25, 0.3) is 0 Å². The molecule has 0 aromatic carbocycles. The van der Waals surface area contributed by atoms with E-state index >= 15 is 0 Å². The number of hydrogen-bond donors (Lipinski definition) is 2. The highest BCUT2D eigenvalue weighted by atomic mass is 35.5. The Bertz CT molecular complexity index is 412. The largest absolute Gasteiger partial charge is 0.416 e. The number of aliphatic hydroxyl groups is 1. The Morgan fingerprint density at radius 2 is 2.00 bits per heavy atom. The summed E-state index contributed by atoms with van der Waals surface area (Å²) in [6, 6.07) is 1.45. The molecule has 7 heteroatoms. The molecule has 18 heavy (non-hydrogen) atoms. The van der Waals surface area contributed by atoms with Crippen LogP contribution in [0.2, 0.25) is 5.15 Å². The third kappa shape index (κ3) is 4.03. The Morgan fingerprint density at radius 3 is 2.50 bits per heavy atom. The van der Waals surface area contributed by atoms with Crippen molar-refractivity contribution in [3.63, 3.8) is 0 Å². The highest BCUT2D eigenvalue weighted by Crippen LogP contribution is 2.32. The zero-order valence-electron chi connectivity index (χ0n) is 9.92. The van der Waals surface area contributed by atoms with Gasteiger partial charge in [-0.05, 0) is 25.0 Å². The summed E-state index contributed by atoms with van der Waals surface area (Å²) >= 11 is 5.55. The lowest BCUT2D eigenvalue weighted by atomic mass is 10.1. The fourth-order valence-electron chi connectivity index (χ4n) is 1.27. The van der Waals surface area contributed by atoms with Crippen LogP contribution in [-0.4, -0.2) is 22.7 Å². The highest BCUT2D eigenvalue weighted by Gasteiger charge is 2.31. The first-order valence-electron chi connectivity index (χ1n) is 5.36. The molecule has 2 atom stereocenters. The molecular weight excluding hydrogens is 269 g/mol. The quantitative estimate of drug-likeness (QED) is 0.834. The van der Waals surface area contributed by atoms with Gasteiger partial charge in [-0.2, -0.15) is 13.2 Å². The normalized spacial score (nSPS) is 15.3. The van der Waals surface area contributed by atoms with Gasteiger partial charge in [0.15, 0.2) is 0 Å². The maximum atomic E-state index is 12.6. The lowest BCUT2D eigenvalue weighted by molar-refractivity contribution is -0.137. The highest BCUT2D eigenvalue weighted by molar-refractivity contribution is 6.29. The maximum Gasteiger partial charge on any atom is 0.416 e. The van der Waals surface area contributed by atoms with E-state index in [1.54, 1.807) is 13.8 Å². The van der Waals surface area contributed by atoms with E-state index in [9.17, 15) is 13.2 Å². The van der Waals surface area contributed by atoms with Gasteiger partial charge in [-0.15, -0.1) is 0 Å². The molecule has 1 aromatic rings. The standard InChI is InChI=1S/C11H14ClF3N2O/c1-6(5-18)7(2)16-10-4-8(11(13,14)15)3-9(12)17-10/h3-4,6-7,18H,5H2,1-2H3,(H,16,17). The van der Waals surface area contributed by atoms with Crippen LogP contribution in [0.4, 0.5) is 19.0 Å². The van der Waals surface area contributed by atoms with Gasteiger partial charge < -0.3 is 10.4 Å². The zero-order valence-corrected chi connectivity index (χ0v) is 10.7. The first kappa shape index (κ1) is 15.0. The Morgan fingerprint density at radius 1 is 1.39 bits per heavy atom. The van der Waals surface area contributed by atoms with Crippen molar-refractivity contribution in [2.45, 2.75) is 26.1 Å². The van der Waals surface area contributed by atoms with Crippen molar-refractivity contribution < 1.29 is 18.3 Å². The summed E-state index contributed by atoms with van der Waals surface area (Å²) in [5.41, 5.74) is -0.853. The predicted octanol–water partition coefficient (Wildman–Crippen LogP) is 3.18. The summed E-state index contributed by atoms with van der Waals surface area (Å²) in [5, 5.41) is 11.5. The number of nitrogens with zero attached hydrogens (tertiary/aromatic N) is 1. The molecule has 2 unspecified atom stereocenters. The Hall–Kier alpha value is -1.01. The number of alkyl halides is 3. The summed E-state index contributed by atoms with van der Waals surface area (Å²) in [7, 11) is 0. The van der Waals surface area contributed by atoms with E-state index in [1.165, 1.54) is 0 Å². The summed E-state index contributed by atoms with van der Waals surface area (Å²) in [6.45, 7) is 3.45. The second kappa shape index (κ2) is 5.75. The van der Waals surface area contributed by atoms with E-state index in [4.69, 9.17) is 16.7 Å². The van der Waals surface area contributed by atoms with Gasteiger partial charge in [0.1, 0.15) is 11.0 Å². The van der Waals surface area contributed by atoms with Crippen LogP contribution >= 0.6 is 11.6 Å². The SMILES string of the molecule is CC(CO)C(C)Nc1cc(C(F)(F)F)cc(Cl)n1. The molecule has 2 N–H and O–H groups in total. The van der Waals surface area contributed by atoms with Gasteiger partial charge in [0, 0.05) is 12.6 Å². The molecule has 0 spiro atoms. The van der Waals surface area contributed by atoms with Gasteiger partial charge in [-0.1, -0.05) is 18.5 Å². The van der Waals surface area contributed by atoms with Crippen LogP contribution in [0.3, 0.4) is 0 Å². The van der Waals surface area contributed by atoms with Crippen LogP contribution in [0, 0.1) is 5.92 Å². The lowest BCUT2D eigenvalue weighted by Gasteiger charge is -2.20. The molecule has 0 aliphatic rings. The van der Waals surface area contributed by atoms with E-state index in [0.717, 1.165) is 12.1 Å². The number of anilines is 1. The molecule has 0 aliphatic heterocycles. The van der Waals surface area contributed by atoms with Gasteiger partial charge in [-0.3, -0.25) is 0 Å². The summed E-state index contributed by atoms with van der Waals surface area (Å²) < 4.78 is 37.7. The molecule has 1 rings (SSSR count). The summed E-state index contributed by atoms with van der Waals surface area (Å²) in [4.78, 5) is 3.78. The lowest BCUT2D eigenvalue weighted by Crippen LogP contribution is -2.26. The van der Waals surface area contributed by atoms with Gasteiger partial charge in [0.05, 0.1) is 5.56 Å². The first-order valence-corrected chi connectivity index (χ1v) is 5.74. The molecule has 0 aliphatic carbocycles. The van der Waals surface area contributed by atoms with E-state index in [1.807, 2.05) is 0 Å². The Labute approximate surface area is 108 Å². The van der Waals surface area contributed by atoms with Crippen LogP contribution < -0.4 is 5.32 Å². The summed E-state index contributed by atoms with van der Waals surface area (Å²) in [6.07, 6.45) is -4.46. The molecule has 0 saturated carbocycles. The minimum absolute atomic E-state index is 0.0441. The number of pyridine rings is 1. The molecule has 0 bridgehead atoms. The minimum atomic E-state index is -4.46. The summed E-state index contributed by atoms with van der Waals surface area (Å²) in [5.74, 6) is -0.0669. The molecule has 0 saturated heterocycles. The average Bonchev–Trinajstić information content (AvgIpc) is 2.25. The molecule has 0 fully saturated rings.